The molecule has 3 aromatic heterocycles. The Bertz CT molecular complexity index is 1060. The minimum absolute atomic E-state index is 0.576. The molecule has 3 heterocycles. The number of hydrogen-bond acceptors (Lipinski definition) is 5. The smallest absolute Gasteiger partial charge is 0.237 e. The maximum Gasteiger partial charge on any atom is 0.237 e. The highest BCUT2D eigenvalue weighted by Gasteiger charge is 2.14. The van der Waals surface area contributed by atoms with E-state index in [9.17, 15) is 0 Å². The van der Waals surface area contributed by atoms with Crippen LogP contribution >= 0.6 is 11.3 Å². The molecule has 5 heteroatoms. The maximum atomic E-state index is 5.83. The average Bonchev–Trinajstić information content (AvgIpc) is 3.31. The van der Waals surface area contributed by atoms with Crippen LogP contribution in [-0.2, 0) is 0 Å². The molecule has 4 nitrogen and oxygen atoms in total. The first-order valence-corrected chi connectivity index (χ1v) is 8.61. The van der Waals surface area contributed by atoms with Crippen LogP contribution in [0, 0.1) is 6.92 Å². The largest absolute Gasteiger partial charge is 0.436 e. The van der Waals surface area contributed by atoms with Crippen molar-refractivity contribution in [1.29, 1.82) is 0 Å². The Morgan fingerprint density at radius 1 is 1.04 bits per heavy atom. The minimum Gasteiger partial charge on any atom is -0.436 e. The molecule has 0 N–H and O–H groups in total. The van der Waals surface area contributed by atoms with Gasteiger partial charge in [0.15, 0.2) is 11.2 Å². The van der Waals surface area contributed by atoms with E-state index < -0.39 is 0 Å². The number of thiophene rings is 1. The van der Waals surface area contributed by atoms with Gasteiger partial charge in [-0.15, -0.1) is 11.3 Å². The molecule has 0 unspecified atom stereocenters. The van der Waals surface area contributed by atoms with Gasteiger partial charge in [-0.2, -0.15) is 0 Å². The van der Waals surface area contributed by atoms with E-state index in [2.05, 4.69) is 23.1 Å². The standard InChI is InChI=1S/C20H18N2O2S/c1-5-8-10-16-13(4)21-19(24-16)17-11-12-18(25-17)20-22-14(9-6-2)15(7-3)23-20/h5-12H,1-2H2,3-4H3/b10-8-,14-9+,15-7+. The maximum absolute atomic E-state index is 5.83. The van der Waals surface area contributed by atoms with Gasteiger partial charge in [-0.05, 0) is 44.2 Å². The van der Waals surface area contributed by atoms with Crippen LogP contribution in [0.15, 0.2) is 52.4 Å². The van der Waals surface area contributed by atoms with Crippen molar-refractivity contribution in [2.24, 2.45) is 0 Å². The molecule has 0 atom stereocenters. The van der Waals surface area contributed by atoms with Gasteiger partial charge in [0.25, 0.3) is 0 Å². The molecule has 0 fully saturated rings. The van der Waals surface area contributed by atoms with Crippen molar-refractivity contribution in [2.75, 3.05) is 0 Å². The molecule has 3 aromatic rings. The lowest BCUT2D eigenvalue weighted by Gasteiger charge is -1.88. The molecule has 0 spiro atoms. The highest BCUT2D eigenvalue weighted by molar-refractivity contribution is 7.18. The number of nitrogens with zero attached hydrogens (tertiary/aromatic N) is 2. The fourth-order valence-corrected chi connectivity index (χ4v) is 3.14. The zero-order valence-electron chi connectivity index (χ0n) is 14.2. The van der Waals surface area contributed by atoms with Crippen molar-refractivity contribution in [3.05, 3.63) is 65.7 Å². The average molecular weight is 350 g/mol. The Labute approximate surface area is 149 Å². The third kappa shape index (κ3) is 3.46. The fraction of sp³-hybridized carbons (Fsp3) is 0.100. The number of allylic oxidation sites excluding steroid dienone is 3. The Balaban J connectivity index is 1.99. The third-order valence-corrected chi connectivity index (χ3v) is 4.52. The Morgan fingerprint density at radius 3 is 2.40 bits per heavy atom. The summed E-state index contributed by atoms with van der Waals surface area (Å²) >= 11 is 1.53. The molecule has 3 rings (SSSR count). The normalized spacial score (nSPS) is 13.0. The van der Waals surface area contributed by atoms with Crippen LogP contribution in [0.25, 0.3) is 39.8 Å². The van der Waals surface area contributed by atoms with Gasteiger partial charge in [0.2, 0.25) is 11.8 Å². The zero-order valence-corrected chi connectivity index (χ0v) is 15.0. The molecule has 0 aliphatic heterocycles. The summed E-state index contributed by atoms with van der Waals surface area (Å²) < 4.78 is 11.7. The van der Waals surface area contributed by atoms with E-state index in [1.54, 1.807) is 12.2 Å². The van der Waals surface area contributed by atoms with Crippen molar-refractivity contribution in [2.45, 2.75) is 13.8 Å². The van der Waals surface area contributed by atoms with Gasteiger partial charge in [-0.3, -0.25) is 0 Å². The molecule has 0 amide bonds. The zero-order chi connectivity index (χ0) is 17.8. The van der Waals surface area contributed by atoms with E-state index >= 15 is 0 Å². The van der Waals surface area contributed by atoms with E-state index in [0.717, 1.165) is 32.0 Å². The molecular formula is C20H18N2O2S. The van der Waals surface area contributed by atoms with Gasteiger partial charge >= 0.3 is 0 Å². The van der Waals surface area contributed by atoms with E-state index in [0.29, 0.717) is 11.8 Å². The molecule has 0 saturated carbocycles. The van der Waals surface area contributed by atoms with Gasteiger partial charge in [0.05, 0.1) is 15.4 Å². The molecular weight excluding hydrogens is 332 g/mol. The van der Waals surface area contributed by atoms with Crippen molar-refractivity contribution < 1.29 is 8.83 Å². The van der Waals surface area contributed by atoms with E-state index in [-0.39, 0.29) is 0 Å². The molecule has 25 heavy (non-hydrogen) atoms. The lowest BCUT2D eigenvalue weighted by atomic mass is 10.3. The van der Waals surface area contributed by atoms with Crippen LogP contribution in [0.4, 0.5) is 0 Å². The lowest BCUT2D eigenvalue weighted by molar-refractivity contribution is 0.541. The summed E-state index contributed by atoms with van der Waals surface area (Å²) in [5.41, 5.74) is 1.57. The van der Waals surface area contributed by atoms with Crippen molar-refractivity contribution in [1.82, 2.24) is 9.97 Å². The summed E-state index contributed by atoms with van der Waals surface area (Å²) in [5, 5.41) is 0.770. The number of aromatic nitrogens is 2. The summed E-state index contributed by atoms with van der Waals surface area (Å²) in [4.78, 5) is 10.9. The Morgan fingerprint density at radius 2 is 1.76 bits per heavy atom. The summed E-state index contributed by atoms with van der Waals surface area (Å²) in [5.74, 6) is 1.89. The number of oxazole rings is 2. The predicted molar refractivity (Wildman–Crippen MR) is 103 cm³/mol. The Hall–Kier alpha value is -2.92. The van der Waals surface area contributed by atoms with E-state index in [1.165, 1.54) is 11.3 Å². The molecule has 0 radical (unpaired) electrons. The quantitative estimate of drug-likeness (QED) is 0.643. The van der Waals surface area contributed by atoms with Crippen LogP contribution in [0.2, 0.25) is 0 Å². The predicted octanol–water partition coefficient (Wildman–Crippen LogP) is 4.33. The Kier molecular flexibility index (Phi) is 4.95. The van der Waals surface area contributed by atoms with Crippen molar-refractivity contribution >= 4 is 29.6 Å². The van der Waals surface area contributed by atoms with Gasteiger partial charge in [-0.25, -0.2) is 9.97 Å². The second-order valence-electron chi connectivity index (χ2n) is 5.19. The van der Waals surface area contributed by atoms with Crippen LogP contribution in [0.5, 0.6) is 0 Å². The van der Waals surface area contributed by atoms with Crippen LogP contribution in [0.1, 0.15) is 18.4 Å². The second kappa shape index (κ2) is 7.32. The first-order chi connectivity index (χ1) is 12.2. The monoisotopic (exact) mass is 350 g/mol. The molecule has 0 bridgehead atoms. The van der Waals surface area contributed by atoms with Crippen molar-refractivity contribution in [3.63, 3.8) is 0 Å². The van der Waals surface area contributed by atoms with Gasteiger partial charge in [-0.1, -0.05) is 31.4 Å². The second-order valence-corrected chi connectivity index (χ2v) is 6.27. The molecule has 126 valence electrons. The van der Waals surface area contributed by atoms with E-state index in [1.807, 2.05) is 50.3 Å². The summed E-state index contributed by atoms with van der Waals surface area (Å²) in [6.45, 7) is 11.2. The van der Waals surface area contributed by atoms with Crippen LogP contribution in [-0.4, -0.2) is 9.97 Å². The van der Waals surface area contributed by atoms with E-state index in [4.69, 9.17) is 8.83 Å². The topological polar surface area (TPSA) is 52.1 Å². The summed E-state index contributed by atoms with van der Waals surface area (Å²) in [6, 6.07) is 3.92. The number of hydrogen-bond donors (Lipinski definition) is 0. The molecule has 0 saturated heterocycles. The van der Waals surface area contributed by atoms with Crippen LogP contribution in [0.3, 0.4) is 0 Å². The SMILES string of the molecule is C=C/C=C\c1oc(-c2ccc(-c3nc(=C/C=C)/c(=C\C)o3)s2)nc1C. The highest BCUT2D eigenvalue weighted by atomic mass is 32.1. The van der Waals surface area contributed by atoms with Gasteiger partial charge < -0.3 is 8.83 Å². The minimum atomic E-state index is 0.576. The van der Waals surface area contributed by atoms with Crippen molar-refractivity contribution in [3.8, 4) is 21.5 Å². The summed E-state index contributed by atoms with van der Waals surface area (Å²) in [6.07, 6.45) is 10.8. The molecule has 0 aliphatic carbocycles. The number of rotatable bonds is 5. The summed E-state index contributed by atoms with van der Waals surface area (Å²) in [7, 11) is 0. The van der Waals surface area contributed by atoms with Crippen LogP contribution < -0.4 is 10.8 Å². The fourth-order valence-electron chi connectivity index (χ4n) is 2.28. The molecule has 0 aliphatic rings. The highest BCUT2D eigenvalue weighted by Crippen LogP contribution is 2.33. The lowest BCUT2D eigenvalue weighted by Crippen LogP contribution is -2.20. The number of aryl methyl sites for hydroxylation is 1. The van der Waals surface area contributed by atoms with Gasteiger partial charge in [0, 0.05) is 0 Å². The third-order valence-electron chi connectivity index (χ3n) is 3.46. The van der Waals surface area contributed by atoms with Gasteiger partial charge in [0.1, 0.15) is 5.35 Å². The first-order valence-electron chi connectivity index (χ1n) is 7.79. The first kappa shape index (κ1) is 16.9. The molecule has 0 aromatic carbocycles.